The lowest BCUT2D eigenvalue weighted by Gasteiger charge is -2.18. The molecule has 82 valence electrons. The van der Waals surface area contributed by atoms with Crippen LogP contribution in [-0.4, -0.2) is 12.6 Å². The van der Waals surface area contributed by atoms with Crippen molar-refractivity contribution in [3.63, 3.8) is 0 Å². The van der Waals surface area contributed by atoms with E-state index < -0.39 is 11.6 Å². The molecule has 0 saturated heterocycles. The highest BCUT2D eigenvalue weighted by atomic mass is 79.9. The molecule has 0 N–H and O–H groups in total. The smallest absolute Gasteiger partial charge is 0.348 e. The number of benzene rings is 1. The van der Waals surface area contributed by atoms with E-state index in [9.17, 15) is 9.18 Å². The van der Waals surface area contributed by atoms with Gasteiger partial charge in [-0.05, 0) is 26.0 Å². The van der Waals surface area contributed by atoms with Crippen LogP contribution in [-0.2, 0) is 15.2 Å². The van der Waals surface area contributed by atoms with Crippen LogP contribution in [0, 0.1) is 0 Å². The van der Waals surface area contributed by atoms with Gasteiger partial charge in [0.2, 0.25) is 5.67 Å². The number of ether oxygens (including phenoxy) is 1. The van der Waals surface area contributed by atoms with Crippen LogP contribution in [0.15, 0.2) is 28.7 Å². The molecule has 0 saturated carbocycles. The zero-order valence-corrected chi connectivity index (χ0v) is 10.2. The number of esters is 1. The number of hydrogen-bond donors (Lipinski definition) is 0. The SMILES string of the molecule is CCOC(=O)C(C)(F)c1ccc(Br)cc1. The average molecular weight is 275 g/mol. The van der Waals surface area contributed by atoms with E-state index in [-0.39, 0.29) is 6.61 Å². The van der Waals surface area contributed by atoms with Crippen molar-refractivity contribution in [1.82, 2.24) is 0 Å². The molecule has 1 rings (SSSR count). The van der Waals surface area contributed by atoms with Gasteiger partial charge in [-0.15, -0.1) is 0 Å². The molecule has 2 nitrogen and oxygen atoms in total. The predicted octanol–water partition coefficient (Wildman–Crippen LogP) is 3.20. The molecule has 0 aromatic heterocycles. The Morgan fingerprint density at radius 1 is 1.47 bits per heavy atom. The average Bonchev–Trinajstić information content (AvgIpc) is 2.18. The molecule has 1 unspecified atom stereocenters. The molecular weight excluding hydrogens is 263 g/mol. The summed E-state index contributed by atoms with van der Waals surface area (Å²) in [6, 6.07) is 6.49. The van der Waals surface area contributed by atoms with Crippen molar-refractivity contribution in [2.24, 2.45) is 0 Å². The number of rotatable bonds is 3. The van der Waals surface area contributed by atoms with E-state index in [1.54, 1.807) is 31.2 Å². The Labute approximate surface area is 96.6 Å². The van der Waals surface area contributed by atoms with Gasteiger partial charge in [0.25, 0.3) is 0 Å². The standard InChI is InChI=1S/C11H12BrFO2/c1-3-15-10(14)11(2,13)8-4-6-9(12)7-5-8/h4-7H,3H2,1-2H3. The molecule has 0 spiro atoms. The number of alkyl halides is 1. The molecular formula is C11H12BrFO2. The second kappa shape index (κ2) is 4.75. The van der Waals surface area contributed by atoms with E-state index >= 15 is 0 Å². The Balaban J connectivity index is 2.94. The maximum atomic E-state index is 14.0. The molecule has 1 aromatic rings. The molecule has 15 heavy (non-hydrogen) atoms. The van der Waals surface area contributed by atoms with Gasteiger partial charge < -0.3 is 4.74 Å². The van der Waals surface area contributed by atoms with E-state index in [4.69, 9.17) is 0 Å². The van der Waals surface area contributed by atoms with Crippen LogP contribution in [0.4, 0.5) is 4.39 Å². The summed E-state index contributed by atoms with van der Waals surface area (Å²) in [7, 11) is 0. The van der Waals surface area contributed by atoms with Crippen molar-refractivity contribution < 1.29 is 13.9 Å². The Kier molecular flexibility index (Phi) is 3.85. The van der Waals surface area contributed by atoms with Gasteiger partial charge in [0.1, 0.15) is 0 Å². The molecule has 0 heterocycles. The molecule has 4 heteroatoms. The fourth-order valence-electron chi connectivity index (χ4n) is 1.15. The monoisotopic (exact) mass is 274 g/mol. The molecule has 0 radical (unpaired) electrons. The van der Waals surface area contributed by atoms with E-state index in [0.717, 1.165) is 4.47 Å². The zero-order valence-electron chi connectivity index (χ0n) is 8.59. The summed E-state index contributed by atoms with van der Waals surface area (Å²) in [5, 5.41) is 0. The van der Waals surface area contributed by atoms with Crippen molar-refractivity contribution in [2.45, 2.75) is 19.5 Å². The summed E-state index contributed by atoms with van der Waals surface area (Å²) in [6.45, 7) is 3.03. The van der Waals surface area contributed by atoms with Crippen LogP contribution in [0.5, 0.6) is 0 Å². The molecule has 0 amide bonds. The minimum Gasteiger partial charge on any atom is -0.463 e. The molecule has 0 bridgehead atoms. The van der Waals surface area contributed by atoms with Crippen LogP contribution in [0.1, 0.15) is 19.4 Å². The van der Waals surface area contributed by atoms with Gasteiger partial charge in [-0.2, -0.15) is 0 Å². The fourth-order valence-corrected chi connectivity index (χ4v) is 1.41. The first-order valence-corrected chi connectivity index (χ1v) is 5.40. The first-order valence-electron chi connectivity index (χ1n) is 4.60. The quantitative estimate of drug-likeness (QED) is 0.792. The summed E-state index contributed by atoms with van der Waals surface area (Å²) < 4.78 is 19.5. The molecule has 0 aliphatic carbocycles. The summed E-state index contributed by atoms with van der Waals surface area (Å²) in [6.07, 6.45) is 0. The summed E-state index contributed by atoms with van der Waals surface area (Å²) in [4.78, 5) is 11.3. The van der Waals surface area contributed by atoms with Gasteiger partial charge in [-0.1, -0.05) is 28.1 Å². The second-order valence-electron chi connectivity index (χ2n) is 3.23. The summed E-state index contributed by atoms with van der Waals surface area (Å²) >= 11 is 3.24. The van der Waals surface area contributed by atoms with E-state index in [1.165, 1.54) is 6.92 Å². The van der Waals surface area contributed by atoms with Gasteiger partial charge in [0, 0.05) is 10.0 Å². The maximum absolute atomic E-state index is 14.0. The maximum Gasteiger partial charge on any atom is 0.348 e. The summed E-state index contributed by atoms with van der Waals surface area (Å²) in [5.74, 6) is -0.854. The predicted molar refractivity (Wildman–Crippen MR) is 59.2 cm³/mol. The second-order valence-corrected chi connectivity index (χ2v) is 4.15. The van der Waals surface area contributed by atoms with Gasteiger partial charge in [-0.25, -0.2) is 9.18 Å². The number of hydrogen-bond acceptors (Lipinski definition) is 2. The van der Waals surface area contributed by atoms with Crippen LogP contribution in [0.2, 0.25) is 0 Å². The lowest BCUT2D eigenvalue weighted by molar-refractivity contribution is -0.156. The van der Waals surface area contributed by atoms with Crippen molar-refractivity contribution in [2.75, 3.05) is 6.61 Å². The van der Waals surface area contributed by atoms with Crippen molar-refractivity contribution in [3.8, 4) is 0 Å². The third-order valence-corrected chi connectivity index (χ3v) is 2.57. The topological polar surface area (TPSA) is 26.3 Å². The number of halogens is 2. The highest BCUT2D eigenvalue weighted by molar-refractivity contribution is 9.10. The van der Waals surface area contributed by atoms with E-state index in [1.807, 2.05) is 0 Å². The lowest BCUT2D eigenvalue weighted by Crippen LogP contribution is -2.29. The fraction of sp³-hybridized carbons (Fsp3) is 0.364. The largest absolute Gasteiger partial charge is 0.463 e. The molecule has 1 aromatic carbocycles. The molecule has 0 aliphatic rings. The van der Waals surface area contributed by atoms with E-state index in [2.05, 4.69) is 20.7 Å². The minimum absolute atomic E-state index is 0.175. The van der Waals surface area contributed by atoms with E-state index in [0.29, 0.717) is 5.56 Å². The van der Waals surface area contributed by atoms with Crippen LogP contribution in [0.3, 0.4) is 0 Å². The first-order chi connectivity index (χ1) is 6.98. The van der Waals surface area contributed by atoms with Gasteiger partial charge in [0.05, 0.1) is 6.61 Å². The lowest BCUT2D eigenvalue weighted by atomic mass is 9.98. The van der Waals surface area contributed by atoms with Crippen molar-refractivity contribution in [1.29, 1.82) is 0 Å². The number of carbonyl (C=O) groups is 1. The Bertz CT molecular complexity index is 346. The van der Waals surface area contributed by atoms with Gasteiger partial charge in [-0.3, -0.25) is 0 Å². The van der Waals surface area contributed by atoms with Gasteiger partial charge in [0.15, 0.2) is 0 Å². The highest BCUT2D eigenvalue weighted by Gasteiger charge is 2.36. The molecule has 0 aliphatic heterocycles. The summed E-state index contributed by atoms with van der Waals surface area (Å²) in [5.41, 5.74) is -1.79. The third kappa shape index (κ3) is 2.78. The minimum atomic E-state index is -2.09. The van der Waals surface area contributed by atoms with Crippen molar-refractivity contribution >= 4 is 21.9 Å². The highest BCUT2D eigenvalue weighted by Crippen LogP contribution is 2.28. The molecule has 1 atom stereocenters. The van der Waals surface area contributed by atoms with Crippen LogP contribution < -0.4 is 0 Å². The molecule has 0 fully saturated rings. The zero-order chi connectivity index (χ0) is 11.5. The normalized spacial score (nSPS) is 14.4. The van der Waals surface area contributed by atoms with Crippen molar-refractivity contribution in [3.05, 3.63) is 34.3 Å². The Morgan fingerprint density at radius 3 is 2.47 bits per heavy atom. The van der Waals surface area contributed by atoms with Crippen LogP contribution >= 0.6 is 15.9 Å². The third-order valence-electron chi connectivity index (χ3n) is 2.05. The van der Waals surface area contributed by atoms with Crippen LogP contribution in [0.25, 0.3) is 0 Å². The Morgan fingerprint density at radius 2 is 2.00 bits per heavy atom. The first kappa shape index (κ1) is 12.2. The van der Waals surface area contributed by atoms with Gasteiger partial charge >= 0.3 is 5.97 Å². The number of carbonyl (C=O) groups excluding carboxylic acids is 1. The Hall–Kier alpha value is -0.900.